The molecular formula is C8H8ClF3N2. The maximum atomic E-state index is 11.8. The molecule has 78 valence electrons. The fraction of sp³-hybridized carbons (Fsp3) is 0.375. The average Bonchev–Trinajstić information content (AvgIpc) is 2.01. The number of hydrogen-bond donors (Lipinski definition) is 1. The molecule has 6 heteroatoms. The minimum Gasteiger partial charge on any atom is -0.370 e. The summed E-state index contributed by atoms with van der Waals surface area (Å²) < 4.78 is 35.3. The van der Waals surface area contributed by atoms with Gasteiger partial charge < -0.3 is 5.32 Å². The van der Waals surface area contributed by atoms with Gasteiger partial charge in [-0.25, -0.2) is 4.98 Å². The Hall–Kier alpha value is -0.970. The number of rotatable bonds is 3. The molecule has 14 heavy (non-hydrogen) atoms. The lowest BCUT2D eigenvalue weighted by Gasteiger charge is -2.07. The second-order valence-corrected chi connectivity index (χ2v) is 3.02. The van der Waals surface area contributed by atoms with Crippen molar-refractivity contribution in [2.45, 2.75) is 12.6 Å². The third-order valence-corrected chi connectivity index (χ3v) is 1.64. The number of pyridine rings is 1. The number of hydrogen-bond acceptors (Lipinski definition) is 2. The summed E-state index contributed by atoms with van der Waals surface area (Å²) in [5, 5.41) is 2.78. The standard InChI is InChI=1S/C8H8ClF3N2/c9-6-2-1-3-7(14-6)13-5-4-8(10,11)12/h1-3H,4-5H2,(H,13,14). The van der Waals surface area contributed by atoms with E-state index in [9.17, 15) is 13.2 Å². The lowest BCUT2D eigenvalue weighted by Crippen LogP contribution is -2.15. The molecule has 1 heterocycles. The lowest BCUT2D eigenvalue weighted by atomic mass is 10.4. The summed E-state index contributed by atoms with van der Waals surface area (Å²) in [7, 11) is 0. The highest BCUT2D eigenvalue weighted by atomic mass is 35.5. The van der Waals surface area contributed by atoms with Crippen LogP contribution in [-0.4, -0.2) is 17.7 Å². The molecule has 0 fully saturated rings. The number of alkyl halides is 3. The molecule has 0 unspecified atom stereocenters. The maximum Gasteiger partial charge on any atom is 0.390 e. The Bertz CT molecular complexity index is 301. The molecule has 0 aliphatic heterocycles. The molecule has 1 N–H and O–H groups in total. The average molecular weight is 225 g/mol. The van der Waals surface area contributed by atoms with Crippen LogP contribution in [0.3, 0.4) is 0 Å². The molecular weight excluding hydrogens is 217 g/mol. The summed E-state index contributed by atoms with van der Waals surface area (Å²) >= 11 is 5.54. The first kappa shape index (κ1) is 11.1. The van der Waals surface area contributed by atoms with Gasteiger partial charge in [-0.05, 0) is 12.1 Å². The van der Waals surface area contributed by atoms with E-state index >= 15 is 0 Å². The predicted molar refractivity (Wildman–Crippen MR) is 48.4 cm³/mol. The van der Waals surface area contributed by atoms with Crippen molar-refractivity contribution in [1.29, 1.82) is 0 Å². The third-order valence-electron chi connectivity index (χ3n) is 1.43. The molecule has 1 rings (SSSR count). The van der Waals surface area contributed by atoms with Crippen LogP contribution >= 0.6 is 11.6 Å². The molecule has 0 radical (unpaired) electrons. The van der Waals surface area contributed by atoms with Crippen LogP contribution in [-0.2, 0) is 0 Å². The molecule has 0 aliphatic carbocycles. The Kier molecular flexibility index (Phi) is 3.57. The molecule has 2 nitrogen and oxygen atoms in total. The van der Waals surface area contributed by atoms with E-state index in [4.69, 9.17) is 11.6 Å². The van der Waals surface area contributed by atoms with E-state index in [1.807, 2.05) is 0 Å². The van der Waals surface area contributed by atoms with Crippen LogP contribution in [0, 0.1) is 0 Å². The van der Waals surface area contributed by atoms with Gasteiger partial charge in [0.2, 0.25) is 0 Å². The topological polar surface area (TPSA) is 24.9 Å². The fourth-order valence-electron chi connectivity index (χ4n) is 0.839. The fourth-order valence-corrected chi connectivity index (χ4v) is 1.00. The number of nitrogens with one attached hydrogen (secondary N) is 1. The van der Waals surface area contributed by atoms with Crippen molar-refractivity contribution in [3.63, 3.8) is 0 Å². The summed E-state index contributed by atoms with van der Waals surface area (Å²) in [5.74, 6) is 0.349. The maximum absolute atomic E-state index is 11.8. The second kappa shape index (κ2) is 4.50. The molecule has 0 saturated carbocycles. The number of halogens is 4. The Labute approximate surface area is 84.1 Å². The van der Waals surface area contributed by atoms with Crippen LogP contribution in [0.2, 0.25) is 5.15 Å². The van der Waals surface area contributed by atoms with Gasteiger partial charge in [0.25, 0.3) is 0 Å². The first-order valence-corrected chi connectivity index (χ1v) is 4.28. The molecule has 1 aromatic heterocycles. The summed E-state index contributed by atoms with van der Waals surface area (Å²) in [5.41, 5.74) is 0. The number of anilines is 1. The van der Waals surface area contributed by atoms with Crippen molar-refractivity contribution in [1.82, 2.24) is 4.98 Å². The molecule has 1 aromatic rings. The van der Waals surface area contributed by atoms with Crippen LogP contribution in [0.5, 0.6) is 0 Å². The zero-order chi connectivity index (χ0) is 10.6. The normalized spacial score (nSPS) is 11.4. The van der Waals surface area contributed by atoms with Gasteiger partial charge in [0.05, 0.1) is 6.42 Å². The van der Waals surface area contributed by atoms with Gasteiger partial charge >= 0.3 is 6.18 Å². The lowest BCUT2D eigenvalue weighted by molar-refractivity contribution is -0.131. The third kappa shape index (κ3) is 4.32. The minimum absolute atomic E-state index is 0.198. The Morgan fingerprint density at radius 1 is 1.36 bits per heavy atom. The minimum atomic E-state index is -4.15. The summed E-state index contributed by atoms with van der Waals surface area (Å²) in [6.07, 6.45) is -5.03. The first-order chi connectivity index (χ1) is 6.47. The SMILES string of the molecule is FC(F)(F)CCNc1cccc(Cl)n1. The Morgan fingerprint density at radius 3 is 2.64 bits per heavy atom. The van der Waals surface area contributed by atoms with Gasteiger partial charge in [-0.3, -0.25) is 0 Å². The van der Waals surface area contributed by atoms with E-state index in [1.54, 1.807) is 18.2 Å². The van der Waals surface area contributed by atoms with Crippen molar-refractivity contribution in [2.24, 2.45) is 0 Å². The number of aromatic nitrogens is 1. The van der Waals surface area contributed by atoms with Crippen molar-refractivity contribution in [3.05, 3.63) is 23.4 Å². The molecule has 0 spiro atoms. The van der Waals surface area contributed by atoms with Crippen LogP contribution in [0.1, 0.15) is 6.42 Å². The highest BCUT2D eigenvalue weighted by Crippen LogP contribution is 2.19. The van der Waals surface area contributed by atoms with Crippen LogP contribution in [0.25, 0.3) is 0 Å². The van der Waals surface area contributed by atoms with E-state index in [0.29, 0.717) is 5.82 Å². The van der Waals surface area contributed by atoms with E-state index in [2.05, 4.69) is 10.3 Å². The predicted octanol–water partition coefficient (Wildman–Crippen LogP) is 3.10. The van der Waals surface area contributed by atoms with Gasteiger partial charge in [-0.1, -0.05) is 17.7 Å². The first-order valence-electron chi connectivity index (χ1n) is 3.90. The molecule has 0 aliphatic rings. The molecule has 0 bridgehead atoms. The van der Waals surface area contributed by atoms with E-state index in [1.165, 1.54) is 0 Å². The van der Waals surface area contributed by atoms with Crippen molar-refractivity contribution >= 4 is 17.4 Å². The van der Waals surface area contributed by atoms with Gasteiger partial charge in [0.15, 0.2) is 0 Å². The van der Waals surface area contributed by atoms with Gasteiger partial charge in [-0.15, -0.1) is 0 Å². The highest BCUT2D eigenvalue weighted by molar-refractivity contribution is 6.29. The molecule has 0 aromatic carbocycles. The molecule has 0 atom stereocenters. The van der Waals surface area contributed by atoms with Crippen LogP contribution < -0.4 is 5.32 Å². The molecule has 0 amide bonds. The second-order valence-electron chi connectivity index (χ2n) is 2.64. The van der Waals surface area contributed by atoms with Crippen LogP contribution in [0.15, 0.2) is 18.2 Å². The van der Waals surface area contributed by atoms with Crippen LogP contribution in [0.4, 0.5) is 19.0 Å². The van der Waals surface area contributed by atoms with E-state index in [0.717, 1.165) is 0 Å². The highest BCUT2D eigenvalue weighted by Gasteiger charge is 2.26. The zero-order valence-electron chi connectivity index (χ0n) is 7.11. The Morgan fingerprint density at radius 2 is 2.07 bits per heavy atom. The largest absolute Gasteiger partial charge is 0.390 e. The van der Waals surface area contributed by atoms with Gasteiger partial charge in [-0.2, -0.15) is 13.2 Å². The monoisotopic (exact) mass is 224 g/mol. The Balaban J connectivity index is 2.39. The van der Waals surface area contributed by atoms with Gasteiger partial charge in [0.1, 0.15) is 11.0 Å². The quantitative estimate of drug-likeness (QED) is 0.798. The summed E-state index contributed by atoms with van der Waals surface area (Å²) in [6, 6.07) is 4.73. The van der Waals surface area contributed by atoms with E-state index < -0.39 is 12.6 Å². The van der Waals surface area contributed by atoms with Crippen molar-refractivity contribution in [3.8, 4) is 0 Å². The smallest absolute Gasteiger partial charge is 0.370 e. The van der Waals surface area contributed by atoms with Crippen molar-refractivity contribution in [2.75, 3.05) is 11.9 Å². The number of nitrogens with zero attached hydrogens (tertiary/aromatic N) is 1. The molecule has 0 saturated heterocycles. The van der Waals surface area contributed by atoms with E-state index in [-0.39, 0.29) is 11.7 Å². The zero-order valence-corrected chi connectivity index (χ0v) is 7.86. The van der Waals surface area contributed by atoms with Crippen molar-refractivity contribution < 1.29 is 13.2 Å². The summed E-state index contributed by atoms with van der Waals surface area (Å²) in [6.45, 7) is -0.198. The summed E-state index contributed by atoms with van der Waals surface area (Å²) in [4.78, 5) is 3.78. The van der Waals surface area contributed by atoms with Gasteiger partial charge in [0, 0.05) is 6.54 Å².